The average molecular weight is 291 g/mol. The molecule has 0 saturated heterocycles. The van der Waals surface area contributed by atoms with E-state index >= 15 is 0 Å². The standard InChI is InChI=1S/C17H25NO3/c1-3-14(12-13-17(20)21-2)8-7-11-16(19)18-15-9-5-4-6-10-15/h4-6,9-10,14H,3,7-8,11-13H2,1-2H3,(H,18,19). The van der Waals surface area contributed by atoms with Gasteiger partial charge in [-0.1, -0.05) is 31.5 Å². The summed E-state index contributed by atoms with van der Waals surface area (Å²) >= 11 is 0. The van der Waals surface area contributed by atoms with Crippen molar-refractivity contribution in [3.63, 3.8) is 0 Å². The van der Waals surface area contributed by atoms with Crippen LogP contribution in [0.2, 0.25) is 0 Å². The van der Waals surface area contributed by atoms with Crippen LogP contribution in [0.5, 0.6) is 0 Å². The number of esters is 1. The lowest BCUT2D eigenvalue weighted by Crippen LogP contribution is -2.12. The molecule has 0 spiro atoms. The molecule has 0 aliphatic heterocycles. The van der Waals surface area contributed by atoms with E-state index in [0.29, 0.717) is 18.8 Å². The van der Waals surface area contributed by atoms with E-state index in [1.165, 1.54) is 7.11 Å². The predicted molar refractivity (Wildman–Crippen MR) is 84.0 cm³/mol. The Kier molecular flexibility index (Phi) is 8.17. The molecule has 1 aromatic carbocycles. The number of carbonyl (C=O) groups excluding carboxylic acids is 2. The van der Waals surface area contributed by atoms with Gasteiger partial charge in [-0.25, -0.2) is 0 Å². The van der Waals surface area contributed by atoms with Gasteiger partial charge in [0.15, 0.2) is 0 Å². The van der Waals surface area contributed by atoms with Crippen molar-refractivity contribution in [2.24, 2.45) is 5.92 Å². The molecule has 1 rings (SSSR count). The minimum Gasteiger partial charge on any atom is -0.469 e. The highest BCUT2D eigenvalue weighted by molar-refractivity contribution is 5.90. The summed E-state index contributed by atoms with van der Waals surface area (Å²) in [4.78, 5) is 22.9. The summed E-state index contributed by atoms with van der Waals surface area (Å²) in [5.74, 6) is 0.368. The lowest BCUT2D eigenvalue weighted by atomic mass is 9.94. The zero-order chi connectivity index (χ0) is 15.5. The molecule has 0 bridgehead atoms. The second-order valence-corrected chi connectivity index (χ2v) is 5.20. The number of hydrogen-bond acceptors (Lipinski definition) is 3. The second kappa shape index (κ2) is 9.97. The Morgan fingerprint density at radius 2 is 1.86 bits per heavy atom. The Labute approximate surface area is 126 Å². The molecule has 116 valence electrons. The summed E-state index contributed by atoms with van der Waals surface area (Å²) in [7, 11) is 1.41. The first kappa shape index (κ1) is 17.2. The van der Waals surface area contributed by atoms with E-state index in [2.05, 4.69) is 17.0 Å². The number of benzene rings is 1. The molecule has 0 fully saturated rings. The molecule has 0 radical (unpaired) electrons. The maximum atomic E-state index is 11.8. The van der Waals surface area contributed by atoms with Crippen molar-refractivity contribution in [2.75, 3.05) is 12.4 Å². The van der Waals surface area contributed by atoms with Crippen LogP contribution in [0.3, 0.4) is 0 Å². The summed E-state index contributed by atoms with van der Waals surface area (Å²) < 4.78 is 4.65. The molecule has 1 N–H and O–H groups in total. The number of methoxy groups -OCH3 is 1. The van der Waals surface area contributed by atoms with Gasteiger partial charge in [0.05, 0.1) is 7.11 Å². The average Bonchev–Trinajstić information content (AvgIpc) is 2.51. The molecule has 4 nitrogen and oxygen atoms in total. The first-order chi connectivity index (χ1) is 10.2. The molecule has 0 heterocycles. The van der Waals surface area contributed by atoms with Crippen LogP contribution < -0.4 is 5.32 Å². The number of hydrogen-bond donors (Lipinski definition) is 1. The number of carbonyl (C=O) groups is 2. The third-order valence-corrected chi connectivity index (χ3v) is 3.64. The van der Waals surface area contributed by atoms with Crippen molar-refractivity contribution in [3.8, 4) is 0 Å². The van der Waals surface area contributed by atoms with Gasteiger partial charge >= 0.3 is 5.97 Å². The van der Waals surface area contributed by atoms with Crippen molar-refractivity contribution in [1.29, 1.82) is 0 Å². The fourth-order valence-electron chi connectivity index (χ4n) is 2.27. The van der Waals surface area contributed by atoms with Crippen LogP contribution in [0, 0.1) is 5.92 Å². The van der Waals surface area contributed by atoms with Crippen molar-refractivity contribution in [3.05, 3.63) is 30.3 Å². The van der Waals surface area contributed by atoms with Gasteiger partial charge in [0.25, 0.3) is 0 Å². The molecular weight excluding hydrogens is 266 g/mol. The molecule has 4 heteroatoms. The lowest BCUT2D eigenvalue weighted by molar-refractivity contribution is -0.141. The topological polar surface area (TPSA) is 55.4 Å². The van der Waals surface area contributed by atoms with E-state index in [0.717, 1.165) is 31.4 Å². The van der Waals surface area contributed by atoms with Crippen LogP contribution in [-0.4, -0.2) is 19.0 Å². The van der Waals surface area contributed by atoms with E-state index < -0.39 is 0 Å². The maximum absolute atomic E-state index is 11.8. The van der Waals surface area contributed by atoms with Crippen LogP contribution in [0.25, 0.3) is 0 Å². The molecule has 0 aliphatic rings. The van der Waals surface area contributed by atoms with Crippen LogP contribution in [0.15, 0.2) is 30.3 Å². The van der Waals surface area contributed by atoms with Crippen LogP contribution in [0.1, 0.15) is 45.4 Å². The van der Waals surface area contributed by atoms with E-state index in [4.69, 9.17) is 0 Å². The second-order valence-electron chi connectivity index (χ2n) is 5.20. The Bertz CT molecular complexity index is 431. The first-order valence-electron chi connectivity index (χ1n) is 7.57. The summed E-state index contributed by atoms with van der Waals surface area (Å²) in [5, 5.41) is 2.88. The molecule has 1 amide bonds. The zero-order valence-corrected chi connectivity index (χ0v) is 12.9. The third-order valence-electron chi connectivity index (χ3n) is 3.64. The van der Waals surface area contributed by atoms with Gasteiger partial charge in [-0.2, -0.15) is 0 Å². The maximum Gasteiger partial charge on any atom is 0.305 e. The monoisotopic (exact) mass is 291 g/mol. The molecular formula is C17H25NO3. The molecule has 21 heavy (non-hydrogen) atoms. The summed E-state index contributed by atoms with van der Waals surface area (Å²) in [6.45, 7) is 2.12. The van der Waals surface area contributed by atoms with E-state index in [-0.39, 0.29) is 11.9 Å². The predicted octanol–water partition coefficient (Wildman–Crippen LogP) is 3.77. The highest BCUT2D eigenvalue weighted by Crippen LogP contribution is 2.19. The largest absolute Gasteiger partial charge is 0.469 e. The molecule has 1 unspecified atom stereocenters. The Hall–Kier alpha value is -1.84. The molecule has 1 aromatic rings. The third kappa shape index (κ3) is 7.49. The summed E-state index contributed by atoms with van der Waals surface area (Å²) in [6.07, 6.45) is 4.66. The van der Waals surface area contributed by atoms with Gasteiger partial charge in [0, 0.05) is 18.5 Å². The van der Waals surface area contributed by atoms with Gasteiger partial charge in [-0.05, 0) is 37.3 Å². The highest BCUT2D eigenvalue weighted by Gasteiger charge is 2.11. The quantitative estimate of drug-likeness (QED) is 0.704. The number of anilines is 1. The lowest BCUT2D eigenvalue weighted by Gasteiger charge is -2.13. The molecule has 1 atom stereocenters. The van der Waals surface area contributed by atoms with Crippen LogP contribution >= 0.6 is 0 Å². The fourth-order valence-corrected chi connectivity index (χ4v) is 2.27. The van der Waals surface area contributed by atoms with E-state index in [1.54, 1.807) is 0 Å². The summed E-state index contributed by atoms with van der Waals surface area (Å²) in [5.41, 5.74) is 0.834. The number of nitrogens with one attached hydrogen (secondary N) is 1. The van der Waals surface area contributed by atoms with Crippen molar-refractivity contribution < 1.29 is 14.3 Å². The van der Waals surface area contributed by atoms with Gasteiger partial charge in [0.2, 0.25) is 5.91 Å². The van der Waals surface area contributed by atoms with Crippen LogP contribution in [-0.2, 0) is 14.3 Å². The number of ether oxygens (including phenoxy) is 1. The number of rotatable bonds is 9. The zero-order valence-electron chi connectivity index (χ0n) is 12.9. The van der Waals surface area contributed by atoms with Crippen molar-refractivity contribution in [2.45, 2.75) is 45.4 Å². The summed E-state index contributed by atoms with van der Waals surface area (Å²) in [6, 6.07) is 9.47. The fraction of sp³-hybridized carbons (Fsp3) is 0.529. The molecule has 0 aromatic heterocycles. The SMILES string of the molecule is CCC(CCCC(=O)Nc1ccccc1)CCC(=O)OC. The Morgan fingerprint density at radius 3 is 2.48 bits per heavy atom. The smallest absolute Gasteiger partial charge is 0.305 e. The van der Waals surface area contributed by atoms with E-state index in [1.807, 2.05) is 30.3 Å². The van der Waals surface area contributed by atoms with Gasteiger partial charge in [-0.15, -0.1) is 0 Å². The number of amides is 1. The first-order valence-corrected chi connectivity index (χ1v) is 7.57. The van der Waals surface area contributed by atoms with Crippen LogP contribution in [0.4, 0.5) is 5.69 Å². The Morgan fingerprint density at radius 1 is 1.14 bits per heavy atom. The minimum atomic E-state index is -0.157. The van der Waals surface area contributed by atoms with Gasteiger partial charge in [-0.3, -0.25) is 9.59 Å². The molecule has 0 saturated carbocycles. The highest BCUT2D eigenvalue weighted by atomic mass is 16.5. The van der Waals surface area contributed by atoms with E-state index in [9.17, 15) is 9.59 Å². The van der Waals surface area contributed by atoms with Crippen molar-refractivity contribution >= 4 is 17.6 Å². The van der Waals surface area contributed by atoms with Gasteiger partial charge in [0.1, 0.15) is 0 Å². The number of para-hydroxylation sites is 1. The Balaban J connectivity index is 2.21. The normalized spacial score (nSPS) is 11.7. The van der Waals surface area contributed by atoms with Gasteiger partial charge < -0.3 is 10.1 Å². The molecule has 0 aliphatic carbocycles. The van der Waals surface area contributed by atoms with Crippen molar-refractivity contribution in [1.82, 2.24) is 0 Å². The minimum absolute atomic E-state index is 0.0454.